The quantitative estimate of drug-likeness (QED) is 0.365. The van der Waals surface area contributed by atoms with Gasteiger partial charge < -0.3 is 10.8 Å². The van der Waals surface area contributed by atoms with Gasteiger partial charge in [-0.05, 0) is 47.7 Å². The zero-order chi connectivity index (χ0) is 23.8. The molecule has 1 aromatic carbocycles. The van der Waals surface area contributed by atoms with Crippen molar-refractivity contribution in [3.8, 4) is 22.4 Å². The summed E-state index contributed by atoms with van der Waals surface area (Å²) in [6.07, 6.45) is 5.92. The molecule has 3 heterocycles. The summed E-state index contributed by atoms with van der Waals surface area (Å²) in [5, 5.41) is 13.5. The van der Waals surface area contributed by atoms with E-state index < -0.39 is 17.7 Å². The summed E-state index contributed by atoms with van der Waals surface area (Å²) in [6, 6.07) is 13.9. The van der Waals surface area contributed by atoms with Gasteiger partial charge in [-0.2, -0.15) is 9.61 Å². The molecule has 1 fully saturated rings. The number of aliphatic carboxylic acids is 1. The van der Waals surface area contributed by atoms with Crippen LogP contribution in [0.3, 0.4) is 0 Å². The topological polar surface area (TPSA) is 123 Å². The van der Waals surface area contributed by atoms with Gasteiger partial charge in [0.2, 0.25) is 5.78 Å². The molecule has 4 aromatic rings. The molecule has 0 amide bonds. The molecule has 1 aliphatic rings. The second-order valence-corrected chi connectivity index (χ2v) is 9.30. The summed E-state index contributed by atoms with van der Waals surface area (Å²) in [5.74, 6) is -1.98. The highest BCUT2D eigenvalue weighted by atomic mass is 79.9. The second-order valence-electron chi connectivity index (χ2n) is 8.51. The number of Topliss-reactive ketones (excluding diaryl/α,β-unsaturated/α-hetero) is 1. The van der Waals surface area contributed by atoms with Crippen molar-refractivity contribution in [2.75, 3.05) is 5.73 Å². The highest BCUT2D eigenvalue weighted by Gasteiger charge is 2.32. The number of carboxylic acid groups (broad SMARTS) is 1. The highest BCUT2D eigenvalue weighted by molar-refractivity contribution is 9.10. The minimum absolute atomic E-state index is 0.0702. The number of anilines is 1. The predicted molar refractivity (Wildman–Crippen MR) is 131 cm³/mol. The molecule has 8 nitrogen and oxygen atoms in total. The molecule has 0 aliphatic heterocycles. The number of ketones is 1. The third-order valence-corrected chi connectivity index (χ3v) is 7.30. The van der Waals surface area contributed by atoms with Gasteiger partial charge in [0.05, 0.1) is 22.1 Å². The molecule has 0 bridgehead atoms. The highest BCUT2D eigenvalue weighted by Crippen LogP contribution is 2.41. The Hall–Kier alpha value is -3.59. The predicted octanol–water partition coefficient (Wildman–Crippen LogP) is 4.73. The molecular formula is C25H22BrN5O3. The number of fused-ring (bicyclic) bond motifs is 1. The number of pyridine rings is 1. The van der Waals surface area contributed by atoms with Crippen molar-refractivity contribution >= 4 is 39.1 Å². The maximum absolute atomic E-state index is 11.9. The summed E-state index contributed by atoms with van der Waals surface area (Å²) in [7, 11) is 0. The number of nitrogen functional groups attached to an aromatic ring is 1. The average molecular weight is 520 g/mol. The van der Waals surface area contributed by atoms with Crippen LogP contribution in [0.1, 0.15) is 37.3 Å². The van der Waals surface area contributed by atoms with Gasteiger partial charge in [-0.25, -0.2) is 9.78 Å². The zero-order valence-corrected chi connectivity index (χ0v) is 19.8. The molecule has 0 saturated heterocycles. The Labute approximate surface area is 204 Å². The number of carboxylic acids is 1. The van der Waals surface area contributed by atoms with Crippen LogP contribution in [0.4, 0.5) is 5.82 Å². The smallest absolute Gasteiger partial charge is 0.372 e. The van der Waals surface area contributed by atoms with Crippen molar-refractivity contribution in [3.63, 3.8) is 0 Å². The molecule has 5 rings (SSSR count). The van der Waals surface area contributed by atoms with E-state index in [-0.39, 0.29) is 5.92 Å². The van der Waals surface area contributed by atoms with Gasteiger partial charge in [-0.1, -0.05) is 36.4 Å². The molecule has 9 heteroatoms. The number of halogens is 1. The molecular weight excluding hydrogens is 498 g/mol. The molecule has 172 valence electrons. The van der Waals surface area contributed by atoms with Crippen LogP contribution in [0.25, 0.3) is 28.0 Å². The van der Waals surface area contributed by atoms with E-state index in [9.17, 15) is 9.59 Å². The fraction of sp³-hybridized carbons (Fsp3) is 0.240. The third-order valence-electron chi connectivity index (χ3n) is 6.49. The normalized spacial score (nSPS) is 18.1. The fourth-order valence-electron chi connectivity index (χ4n) is 4.62. The molecule has 1 aliphatic carbocycles. The fourth-order valence-corrected chi connectivity index (χ4v) is 5.20. The Kier molecular flexibility index (Phi) is 5.87. The molecule has 0 radical (unpaired) electrons. The number of carbonyl (C=O) groups is 2. The first-order valence-electron chi connectivity index (χ1n) is 11.1. The first-order valence-corrected chi connectivity index (χ1v) is 11.8. The summed E-state index contributed by atoms with van der Waals surface area (Å²) in [4.78, 5) is 32.4. The van der Waals surface area contributed by atoms with E-state index in [1.54, 1.807) is 10.7 Å². The standard InChI is InChI=1S/C25H22BrN5O3/c26-20-21(15-6-8-16(9-7-15)22(32)25(33)34)30-24-18(13-29-31(24)23(20)27)17-10-11-19(28-12-17)14-4-2-1-3-5-14/h1-5,10-13,15-16H,6-9,27H2,(H,33,34)/t15-,16-. The van der Waals surface area contributed by atoms with Crippen LogP contribution < -0.4 is 5.73 Å². The SMILES string of the molecule is Nc1c(Br)c([C@H]2CC[C@H](C(=O)C(=O)O)CC2)nc2c(-c3ccc(-c4ccccc4)nc3)cnn12. The van der Waals surface area contributed by atoms with E-state index in [1.165, 1.54) is 0 Å². The van der Waals surface area contributed by atoms with Crippen LogP contribution in [-0.4, -0.2) is 36.4 Å². The lowest BCUT2D eigenvalue weighted by Gasteiger charge is -2.27. The van der Waals surface area contributed by atoms with Crippen molar-refractivity contribution < 1.29 is 14.7 Å². The molecule has 0 unspecified atom stereocenters. The van der Waals surface area contributed by atoms with Crippen LogP contribution in [0, 0.1) is 5.92 Å². The van der Waals surface area contributed by atoms with E-state index in [0.717, 1.165) is 28.1 Å². The van der Waals surface area contributed by atoms with Crippen molar-refractivity contribution in [3.05, 3.63) is 65.0 Å². The number of aromatic nitrogens is 4. The largest absolute Gasteiger partial charge is 0.475 e. The molecule has 0 atom stereocenters. The lowest BCUT2D eigenvalue weighted by atomic mass is 9.78. The van der Waals surface area contributed by atoms with Crippen molar-refractivity contribution in [1.82, 2.24) is 19.6 Å². The first kappa shape index (κ1) is 22.2. The lowest BCUT2D eigenvalue weighted by molar-refractivity contribution is -0.151. The van der Waals surface area contributed by atoms with Crippen molar-refractivity contribution in [2.24, 2.45) is 5.92 Å². The van der Waals surface area contributed by atoms with Gasteiger partial charge in [0.1, 0.15) is 5.82 Å². The second kappa shape index (κ2) is 8.98. The summed E-state index contributed by atoms with van der Waals surface area (Å²) < 4.78 is 2.29. The van der Waals surface area contributed by atoms with Gasteiger partial charge in [-0.3, -0.25) is 9.78 Å². The summed E-state index contributed by atoms with van der Waals surface area (Å²) >= 11 is 3.58. The van der Waals surface area contributed by atoms with Crippen LogP contribution in [0.2, 0.25) is 0 Å². The molecule has 34 heavy (non-hydrogen) atoms. The number of nitrogens with zero attached hydrogens (tertiary/aromatic N) is 4. The van der Waals surface area contributed by atoms with Gasteiger partial charge >= 0.3 is 5.97 Å². The van der Waals surface area contributed by atoms with E-state index in [2.05, 4.69) is 26.0 Å². The van der Waals surface area contributed by atoms with Gasteiger partial charge in [-0.15, -0.1) is 0 Å². The minimum atomic E-state index is -1.36. The van der Waals surface area contributed by atoms with E-state index >= 15 is 0 Å². The van der Waals surface area contributed by atoms with Crippen LogP contribution in [0.15, 0.2) is 59.3 Å². The van der Waals surface area contributed by atoms with Gasteiger partial charge in [0.15, 0.2) is 5.65 Å². The average Bonchev–Trinajstić information content (AvgIpc) is 3.30. The number of carbonyl (C=O) groups excluding carboxylic acids is 1. The van der Waals surface area contributed by atoms with E-state index in [4.69, 9.17) is 15.8 Å². The molecule has 1 saturated carbocycles. The number of benzene rings is 1. The molecule has 0 spiro atoms. The van der Waals surface area contributed by atoms with Crippen LogP contribution >= 0.6 is 15.9 Å². The lowest BCUT2D eigenvalue weighted by Crippen LogP contribution is -2.27. The maximum atomic E-state index is 11.9. The maximum Gasteiger partial charge on any atom is 0.372 e. The van der Waals surface area contributed by atoms with Gasteiger partial charge in [0, 0.05) is 34.7 Å². The number of nitrogens with two attached hydrogens (primary N) is 1. The Morgan fingerprint density at radius 3 is 2.38 bits per heavy atom. The third kappa shape index (κ3) is 3.96. The monoisotopic (exact) mass is 519 g/mol. The van der Waals surface area contributed by atoms with E-state index in [0.29, 0.717) is 41.6 Å². The van der Waals surface area contributed by atoms with Crippen LogP contribution in [0.5, 0.6) is 0 Å². The first-order chi connectivity index (χ1) is 16.4. The number of rotatable bonds is 5. The van der Waals surface area contributed by atoms with Crippen molar-refractivity contribution in [1.29, 1.82) is 0 Å². The van der Waals surface area contributed by atoms with Gasteiger partial charge in [0.25, 0.3) is 0 Å². The van der Waals surface area contributed by atoms with Crippen molar-refractivity contribution in [2.45, 2.75) is 31.6 Å². The molecule has 3 N–H and O–H groups in total. The number of hydrogen-bond donors (Lipinski definition) is 2. The number of hydrogen-bond acceptors (Lipinski definition) is 6. The Morgan fingerprint density at radius 2 is 1.74 bits per heavy atom. The zero-order valence-electron chi connectivity index (χ0n) is 18.2. The Balaban J connectivity index is 1.47. The molecule has 3 aromatic heterocycles. The summed E-state index contributed by atoms with van der Waals surface area (Å²) in [5.41, 5.74) is 11.5. The Bertz CT molecular complexity index is 1380. The van der Waals surface area contributed by atoms with E-state index in [1.807, 2.05) is 48.7 Å². The minimum Gasteiger partial charge on any atom is -0.475 e. The Morgan fingerprint density at radius 1 is 1.00 bits per heavy atom. The van der Waals surface area contributed by atoms with Crippen LogP contribution in [-0.2, 0) is 9.59 Å². The summed E-state index contributed by atoms with van der Waals surface area (Å²) in [6.45, 7) is 0.